The van der Waals surface area contributed by atoms with Crippen LogP contribution in [0.5, 0.6) is 5.75 Å². The lowest BCUT2D eigenvalue weighted by Gasteiger charge is -2.34. The molecular weight excluding hydrogens is 344 g/mol. The van der Waals surface area contributed by atoms with Crippen LogP contribution in [0.3, 0.4) is 0 Å². The second-order valence-corrected chi connectivity index (χ2v) is 6.89. The van der Waals surface area contributed by atoms with Gasteiger partial charge in [0.2, 0.25) is 5.91 Å². The summed E-state index contributed by atoms with van der Waals surface area (Å²) in [5.41, 5.74) is 6.55. The predicted octanol–water partition coefficient (Wildman–Crippen LogP) is 0.967. The highest BCUT2D eigenvalue weighted by Gasteiger charge is 2.27. The number of amides is 2. The Labute approximate surface area is 152 Å². The smallest absolute Gasteiger partial charge is 0.257 e. The van der Waals surface area contributed by atoms with Crippen LogP contribution in [0.4, 0.5) is 5.69 Å². The average molecular weight is 367 g/mol. The lowest BCUT2D eigenvalue weighted by atomic mass is 10.1. The maximum absolute atomic E-state index is 12.8. The number of benzene rings is 1. The first-order valence-corrected chi connectivity index (χ1v) is 8.79. The van der Waals surface area contributed by atoms with Crippen molar-refractivity contribution in [1.82, 2.24) is 15.1 Å². The van der Waals surface area contributed by atoms with Crippen LogP contribution in [0.15, 0.2) is 12.1 Å². The summed E-state index contributed by atoms with van der Waals surface area (Å²) in [6, 6.07) is 3.49. The Bertz CT molecular complexity index is 670. The number of nitrogens with two attached hydrogens (primary N) is 1. The van der Waals surface area contributed by atoms with Gasteiger partial charge in [0.15, 0.2) is 0 Å². The molecule has 1 heterocycles. The second-order valence-electron chi connectivity index (χ2n) is 6.48. The Morgan fingerprint density at radius 3 is 2.56 bits per heavy atom. The van der Waals surface area contributed by atoms with Gasteiger partial charge in [-0.15, -0.1) is 0 Å². The number of hydrogen-bond donors (Lipinski definition) is 2. The van der Waals surface area contributed by atoms with Crippen molar-refractivity contribution in [2.24, 2.45) is 0 Å². The van der Waals surface area contributed by atoms with E-state index in [4.69, 9.17) is 22.1 Å². The minimum atomic E-state index is -0.138. The number of hydrogen-bond acceptors (Lipinski definition) is 5. The summed E-state index contributed by atoms with van der Waals surface area (Å²) in [4.78, 5) is 28.5. The van der Waals surface area contributed by atoms with Crippen LogP contribution in [0, 0.1) is 0 Å². The number of halogens is 1. The van der Waals surface area contributed by atoms with Gasteiger partial charge in [0, 0.05) is 38.3 Å². The van der Waals surface area contributed by atoms with E-state index in [0.29, 0.717) is 60.8 Å². The Kier molecular flexibility index (Phi) is 5.34. The number of nitrogens with zero attached hydrogens (tertiary/aromatic N) is 2. The quantitative estimate of drug-likeness (QED) is 0.758. The minimum absolute atomic E-state index is 0.0641. The fourth-order valence-corrected chi connectivity index (χ4v) is 3.05. The van der Waals surface area contributed by atoms with Crippen LogP contribution in [0.25, 0.3) is 0 Å². The third kappa shape index (κ3) is 4.35. The normalized spacial score (nSPS) is 18.1. The van der Waals surface area contributed by atoms with E-state index < -0.39 is 0 Å². The fourth-order valence-electron chi connectivity index (χ4n) is 2.89. The van der Waals surface area contributed by atoms with Crippen molar-refractivity contribution in [3.8, 4) is 5.75 Å². The first kappa shape index (κ1) is 17.8. The van der Waals surface area contributed by atoms with E-state index >= 15 is 0 Å². The zero-order chi connectivity index (χ0) is 18.0. The average Bonchev–Trinajstić information content (AvgIpc) is 3.40. The van der Waals surface area contributed by atoms with Crippen molar-refractivity contribution in [2.45, 2.75) is 18.9 Å². The van der Waals surface area contributed by atoms with Gasteiger partial charge in [0.25, 0.3) is 5.91 Å². The van der Waals surface area contributed by atoms with Gasteiger partial charge in [0.1, 0.15) is 5.75 Å². The van der Waals surface area contributed by atoms with Gasteiger partial charge in [-0.25, -0.2) is 0 Å². The van der Waals surface area contributed by atoms with Crippen LogP contribution in [0.2, 0.25) is 5.02 Å². The van der Waals surface area contributed by atoms with E-state index in [2.05, 4.69) is 10.2 Å². The Morgan fingerprint density at radius 2 is 1.96 bits per heavy atom. The standard InChI is InChI=1S/C17H23ClN4O3/c1-25-15-9-14(19)13(18)8-12(15)17(24)22-6-4-21(5-7-22)10-16(23)20-11-2-3-11/h8-9,11H,2-7,10,19H2,1H3,(H,20,23). The van der Waals surface area contributed by atoms with Crippen molar-refractivity contribution in [2.75, 3.05) is 45.6 Å². The van der Waals surface area contributed by atoms with Gasteiger partial charge >= 0.3 is 0 Å². The summed E-state index contributed by atoms with van der Waals surface area (Å²) in [5, 5.41) is 3.32. The zero-order valence-electron chi connectivity index (χ0n) is 14.3. The molecule has 2 aliphatic rings. The lowest BCUT2D eigenvalue weighted by molar-refractivity contribution is -0.122. The van der Waals surface area contributed by atoms with E-state index in [-0.39, 0.29) is 11.8 Å². The van der Waals surface area contributed by atoms with E-state index in [1.165, 1.54) is 7.11 Å². The number of carbonyl (C=O) groups excluding carboxylic acids is 2. The fraction of sp³-hybridized carbons (Fsp3) is 0.529. The van der Waals surface area contributed by atoms with Crippen molar-refractivity contribution < 1.29 is 14.3 Å². The van der Waals surface area contributed by atoms with E-state index in [9.17, 15) is 9.59 Å². The van der Waals surface area contributed by atoms with Crippen LogP contribution >= 0.6 is 11.6 Å². The van der Waals surface area contributed by atoms with Gasteiger partial charge in [-0.3, -0.25) is 14.5 Å². The Morgan fingerprint density at radius 1 is 1.28 bits per heavy atom. The molecular formula is C17H23ClN4O3. The zero-order valence-corrected chi connectivity index (χ0v) is 15.0. The third-order valence-electron chi connectivity index (χ3n) is 4.52. The van der Waals surface area contributed by atoms with Gasteiger partial charge in [-0.2, -0.15) is 0 Å². The van der Waals surface area contributed by atoms with Crippen molar-refractivity contribution in [1.29, 1.82) is 0 Å². The highest BCUT2D eigenvalue weighted by atomic mass is 35.5. The van der Waals surface area contributed by atoms with Crippen LogP contribution < -0.4 is 15.8 Å². The molecule has 1 aliphatic heterocycles. The van der Waals surface area contributed by atoms with Gasteiger partial charge in [-0.05, 0) is 18.9 Å². The predicted molar refractivity (Wildman–Crippen MR) is 95.9 cm³/mol. The van der Waals surface area contributed by atoms with Crippen molar-refractivity contribution in [3.63, 3.8) is 0 Å². The number of rotatable bonds is 5. The summed E-state index contributed by atoms with van der Waals surface area (Å²) >= 11 is 6.05. The summed E-state index contributed by atoms with van der Waals surface area (Å²) in [7, 11) is 1.50. The molecule has 1 saturated heterocycles. The first-order valence-electron chi connectivity index (χ1n) is 8.42. The van der Waals surface area contributed by atoms with E-state index in [1.54, 1.807) is 17.0 Å². The highest BCUT2D eigenvalue weighted by molar-refractivity contribution is 6.33. The third-order valence-corrected chi connectivity index (χ3v) is 4.85. The number of carbonyl (C=O) groups is 2. The molecule has 7 nitrogen and oxygen atoms in total. The maximum Gasteiger partial charge on any atom is 0.257 e. The number of anilines is 1. The van der Waals surface area contributed by atoms with Gasteiger partial charge in [-0.1, -0.05) is 11.6 Å². The molecule has 3 rings (SSSR count). The summed E-state index contributed by atoms with van der Waals surface area (Å²) in [5.74, 6) is 0.341. The van der Waals surface area contributed by atoms with Gasteiger partial charge < -0.3 is 20.7 Å². The van der Waals surface area contributed by atoms with Crippen LogP contribution in [0.1, 0.15) is 23.2 Å². The molecule has 0 radical (unpaired) electrons. The molecule has 0 atom stereocenters. The molecule has 2 amide bonds. The number of nitrogens with one attached hydrogen (secondary N) is 1. The van der Waals surface area contributed by atoms with E-state index in [0.717, 1.165) is 12.8 Å². The van der Waals surface area contributed by atoms with Crippen LogP contribution in [-0.4, -0.2) is 67.5 Å². The topological polar surface area (TPSA) is 87.9 Å². The molecule has 1 saturated carbocycles. The lowest BCUT2D eigenvalue weighted by Crippen LogP contribution is -2.51. The highest BCUT2D eigenvalue weighted by Crippen LogP contribution is 2.30. The molecule has 136 valence electrons. The monoisotopic (exact) mass is 366 g/mol. The molecule has 0 aromatic heterocycles. The maximum atomic E-state index is 12.8. The Hall–Kier alpha value is -1.99. The molecule has 0 bridgehead atoms. The number of nitrogen functional groups attached to an aromatic ring is 1. The molecule has 25 heavy (non-hydrogen) atoms. The van der Waals surface area contributed by atoms with Crippen LogP contribution in [-0.2, 0) is 4.79 Å². The van der Waals surface area contributed by atoms with Gasteiger partial charge in [0.05, 0.1) is 29.9 Å². The minimum Gasteiger partial charge on any atom is -0.496 e. The summed E-state index contributed by atoms with van der Waals surface area (Å²) in [6.07, 6.45) is 2.17. The molecule has 0 unspecified atom stereocenters. The molecule has 1 aromatic rings. The SMILES string of the molecule is COc1cc(N)c(Cl)cc1C(=O)N1CCN(CC(=O)NC2CC2)CC1. The molecule has 1 aromatic carbocycles. The summed E-state index contributed by atoms with van der Waals surface area (Å²) < 4.78 is 5.26. The first-order chi connectivity index (χ1) is 12.0. The van der Waals surface area contributed by atoms with Crippen molar-refractivity contribution >= 4 is 29.1 Å². The molecule has 0 spiro atoms. The number of methoxy groups -OCH3 is 1. The molecule has 1 aliphatic carbocycles. The Balaban J connectivity index is 1.58. The molecule has 3 N–H and O–H groups in total. The second kappa shape index (κ2) is 7.49. The van der Waals surface area contributed by atoms with E-state index in [1.807, 2.05) is 0 Å². The number of ether oxygens (including phenoxy) is 1. The largest absolute Gasteiger partial charge is 0.496 e. The summed E-state index contributed by atoms with van der Waals surface area (Å²) in [6.45, 7) is 2.82. The molecule has 2 fully saturated rings. The number of piperazine rings is 1. The van der Waals surface area contributed by atoms with Crippen molar-refractivity contribution in [3.05, 3.63) is 22.7 Å². The molecule has 8 heteroatoms.